The first kappa shape index (κ1) is 27.6. The van der Waals surface area contributed by atoms with Crippen LogP contribution in [0.2, 0.25) is 23.2 Å². The van der Waals surface area contributed by atoms with Crippen molar-refractivity contribution in [3.8, 4) is 0 Å². The molecule has 0 aliphatic rings. The zero-order valence-electron chi connectivity index (χ0n) is 22.6. The molecule has 0 unspecified atom stereocenters. The van der Waals surface area contributed by atoms with Crippen molar-refractivity contribution in [1.82, 2.24) is 4.98 Å². The van der Waals surface area contributed by atoms with Gasteiger partial charge in [0.15, 0.2) is 14.2 Å². The summed E-state index contributed by atoms with van der Waals surface area (Å²) < 4.78 is 19.7. The molecule has 0 spiro atoms. The maximum absolute atomic E-state index is 7.16. The molecule has 0 N–H and O–H groups in total. The van der Waals surface area contributed by atoms with Gasteiger partial charge in [-0.2, -0.15) is 0 Å². The van der Waals surface area contributed by atoms with Crippen LogP contribution in [0, 0.1) is 6.92 Å². The molecule has 1 aromatic heterocycles. The molecule has 1 heterocycles. The highest BCUT2D eigenvalue weighted by Gasteiger charge is 2.50. The van der Waals surface area contributed by atoms with E-state index in [1.54, 1.807) is 6.26 Å². The van der Waals surface area contributed by atoms with Crippen LogP contribution in [0.15, 0.2) is 71.3 Å². The number of aromatic nitrogens is 1. The van der Waals surface area contributed by atoms with Crippen LogP contribution in [0.1, 0.15) is 65.7 Å². The molecule has 0 fully saturated rings. The van der Waals surface area contributed by atoms with Gasteiger partial charge in [0, 0.05) is 20.0 Å². The van der Waals surface area contributed by atoms with Crippen molar-refractivity contribution in [3.05, 3.63) is 78.5 Å². The number of rotatable bonds is 12. The van der Waals surface area contributed by atoms with Crippen molar-refractivity contribution in [2.24, 2.45) is 0 Å². The summed E-state index contributed by atoms with van der Waals surface area (Å²) >= 11 is 0. The quantitative estimate of drug-likeness (QED) is 0.246. The standard InChI is InChI=1S/C29H43NO3Si2/c1-8-34(9-2,10-3)33-28(27-23-31-24(4)30-27)21-22-32-35(29(5,6)7,25-17-13-11-14-18-25)26-19-15-12-16-20-26/h11-20,23,28H,8-10,21-22H2,1-7H3/t28-/m1/s1. The summed E-state index contributed by atoms with van der Waals surface area (Å²) in [4.78, 5) is 4.66. The van der Waals surface area contributed by atoms with Crippen LogP contribution in [0.25, 0.3) is 0 Å². The minimum absolute atomic E-state index is 0.0503. The Hall–Kier alpha value is -2.00. The van der Waals surface area contributed by atoms with Gasteiger partial charge in [0.25, 0.3) is 8.32 Å². The molecule has 6 heteroatoms. The summed E-state index contributed by atoms with van der Waals surface area (Å²) in [6.07, 6.45) is 2.41. The van der Waals surface area contributed by atoms with E-state index in [2.05, 4.69) is 107 Å². The molecular formula is C29H43NO3Si2. The average Bonchev–Trinajstić information content (AvgIpc) is 3.30. The molecular weight excluding hydrogens is 466 g/mol. The SMILES string of the molecule is CC[Si](CC)(CC)O[C@H](CCO[Si](c1ccccc1)(c1ccccc1)C(C)(C)C)c1coc(C)n1. The van der Waals surface area contributed by atoms with E-state index < -0.39 is 16.6 Å². The third-order valence-corrected chi connectivity index (χ3v) is 17.1. The topological polar surface area (TPSA) is 44.5 Å². The van der Waals surface area contributed by atoms with Gasteiger partial charge in [-0.05, 0) is 33.5 Å². The molecule has 1 atom stereocenters. The average molecular weight is 510 g/mol. The van der Waals surface area contributed by atoms with E-state index in [1.807, 2.05) is 6.92 Å². The van der Waals surface area contributed by atoms with Gasteiger partial charge < -0.3 is 13.3 Å². The van der Waals surface area contributed by atoms with Gasteiger partial charge in [-0.25, -0.2) is 4.98 Å². The van der Waals surface area contributed by atoms with Crippen LogP contribution in [-0.4, -0.2) is 28.2 Å². The molecule has 2 aromatic carbocycles. The van der Waals surface area contributed by atoms with E-state index in [0.29, 0.717) is 12.5 Å². The molecule has 0 aliphatic carbocycles. The lowest BCUT2D eigenvalue weighted by Crippen LogP contribution is -2.66. The molecule has 0 radical (unpaired) electrons. The molecule has 3 aromatic rings. The molecule has 4 nitrogen and oxygen atoms in total. The summed E-state index contributed by atoms with van der Waals surface area (Å²) in [6.45, 7) is 16.2. The first-order valence-electron chi connectivity index (χ1n) is 13.1. The number of oxazole rings is 1. The van der Waals surface area contributed by atoms with Crippen molar-refractivity contribution in [1.29, 1.82) is 0 Å². The van der Waals surface area contributed by atoms with Crippen LogP contribution in [-0.2, 0) is 8.85 Å². The van der Waals surface area contributed by atoms with E-state index in [-0.39, 0.29) is 11.1 Å². The van der Waals surface area contributed by atoms with Gasteiger partial charge in [-0.3, -0.25) is 0 Å². The fourth-order valence-electron chi connectivity index (χ4n) is 5.18. The summed E-state index contributed by atoms with van der Waals surface area (Å²) in [6, 6.07) is 24.9. The third-order valence-electron chi connectivity index (χ3n) is 7.41. The van der Waals surface area contributed by atoms with Crippen LogP contribution >= 0.6 is 0 Å². The number of aryl methyl sites for hydroxylation is 1. The second-order valence-electron chi connectivity index (χ2n) is 10.4. The van der Waals surface area contributed by atoms with Crippen molar-refractivity contribution in [3.63, 3.8) is 0 Å². The minimum atomic E-state index is -2.58. The minimum Gasteiger partial charge on any atom is -0.449 e. The summed E-state index contributed by atoms with van der Waals surface area (Å²) in [5, 5.41) is 2.55. The molecule has 0 aliphatic heterocycles. The Morgan fingerprint density at radius 1 is 0.857 bits per heavy atom. The highest BCUT2D eigenvalue weighted by molar-refractivity contribution is 6.99. The Kier molecular flexibility index (Phi) is 9.32. The van der Waals surface area contributed by atoms with Gasteiger partial charge in [-0.1, -0.05) is 102 Å². The lowest BCUT2D eigenvalue weighted by atomic mass is 10.2. The van der Waals surface area contributed by atoms with Crippen LogP contribution in [0.4, 0.5) is 0 Å². The number of nitrogens with zero attached hydrogens (tertiary/aromatic N) is 1. The predicted octanol–water partition coefficient (Wildman–Crippen LogP) is 7.01. The second kappa shape index (κ2) is 11.8. The number of benzene rings is 2. The summed E-state index contributed by atoms with van der Waals surface area (Å²) in [7, 11) is -4.42. The largest absolute Gasteiger partial charge is 0.449 e. The van der Waals surface area contributed by atoms with Crippen LogP contribution in [0.5, 0.6) is 0 Å². The van der Waals surface area contributed by atoms with Crippen molar-refractivity contribution in [2.45, 2.75) is 84.2 Å². The summed E-state index contributed by atoms with van der Waals surface area (Å²) in [5.41, 5.74) is 0.890. The molecule has 190 valence electrons. The maximum Gasteiger partial charge on any atom is 0.261 e. The summed E-state index contributed by atoms with van der Waals surface area (Å²) in [5.74, 6) is 0.679. The normalized spacial score (nSPS) is 13.7. The van der Waals surface area contributed by atoms with Gasteiger partial charge >= 0.3 is 0 Å². The smallest absolute Gasteiger partial charge is 0.261 e. The highest BCUT2D eigenvalue weighted by Crippen LogP contribution is 2.38. The van der Waals surface area contributed by atoms with Crippen molar-refractivity contribution in [2.75, 3.05) is 6.61 Å². The lowest BCUT2D eigenvalue weighted by Gasteiger charge is -2.43. The maximum atomic E-state index is 7.16. The van der Waals surface area contributed by atoms with E-state index in [1.165, 1.54) is 10.4 Å². The van der Waals surface area contributed by atoms with Gasteiger partial charge in [0.2, 0.25) is 0 Å². The molecule has 0 saturated carbocycles. The number of hydrogen-bond donors (Lipinski definition) is 0. The monoisotopic (exact) mass is 509 g/mol. The molecule has 3 rings (SSSR count). The predicted molar refractivity (Wildman–Crippen MR) is 150 cm³/mol. The number of hydrogen-bond acceptors (Lipinski definition) is 4. The van der Waals surface area contributed by atoms with E-state index >= 15 is 0 Å². The van der Waals surface area contributed by atoms with Gasteiger partial charge in [-0.15, -0.1) is 0 Å². The Morgan fingerprint density at radius 2 is 1.37 bits per heavy atom. The Bertz CT molecular complexity index is 979. The zero-order valence-corrected chi connectivity index (χ0v) is 24.6. The fraction of sp³-hybridized carbons (Fsp3) is 0.483. The van der Waals surface area contributed by atoms with Gasteiger partial charge in [0.05, 0.1) is 6.10 Å². The van der Waals surface area contributed by atoms with Crippen LogP contribution in [0.3, 0.4) is 0 Å². The molecule has 0 bridgehead atoms. The molecule has 0 saturated heterocycles. The van der Waals surface area contributed by atoms with Crippen molar-refractivity contribution < 1.29 is 13.3 Å². The zero-order chi connectivity index (χ0) is 25.5. The van der Waals surface area contributed by atoms with Gasteiger partial charge in [0.1, 0.15) is 12.0 Å². The first-order chi connectivity index (χ1) is 16.7. The lowest BCUT2D eigenvalue weighted by molar-refractivity contribution is 0.144. The second-order valence-corrected chi connectivity index (χ2v) is 19.5. The molecule has 0 amide bonds. The Labute approximate surface area is 214 Å². The van der Waals surface area contributed by atoms with Crippen molar-refractivity contribution >= 4 is 27.0 Å². The van der Waals surface area contributed by atoms with E-state index in [0.717, 1.165) is 30.2 Å². The molecule has 35 heavy (non-hydrogen) atoms. The highest BCUT2D eigenvalue weighted by atomic mass is 28.4. The Morgan fingerprint density at radius 3 is 1.77 bits per heavy atom. The first-order valence-corrected chi connectivity index (χ1v) is 17.5. The fourth-order valence-corrected chi connectivity index (χ4v) is 12.6. The van der Waals surface area contributed by atoms with E-state index in [4.69, 9.17) is 13.3 Å². The Balaban J connectivity index is 1.96. The van der Waals surface area contributed by atoms with E-state index in [9.17, 15) is 0 Å². The third kappa shape index (κ3) is 6.05. The van der Waals surface area contributed by atoms with Crippen LogP contribution < -0.4 is 10.4 Å².